The summed E-state index contributed by atoms with van der Waals surface area (Å²) in [4.78, 5) is 22.6. The fraction of sp³-hybridized carbons (Fsp3) is 0.333. The molecule has 5 nitrogen and oxygen atoms in total. The molecule has 1 aromatic carbocycles. The van der Waals surface area contributed by atoms with Crippen molar-refractivity contribution in [2.45, 2.75) is 19.9 Å². The van der Waals surface area contributed by atoms with Gasteiger partial charge >= 0.3 is 5.97 Å². The SMILES string of the molecule is CCNc1ccc(Cl)cc1C(=O)N[C@H](C)C(=O)O. The zero-order valence-electron chi connectivity index (χ0n) is 10.2. The van der Waals surface area contributed by atoms with Crippen LogP contribution >= 0.6 is 11.6 Å². The minimum Gasteiger partial charge on any atom is -0.480 e. The van der Waals surface area contributed by atoms with Gasteiger partial charge in [-0.3, -0.25) is 9.59 Å². The van der Waals surface area contributed by atoms with Crippen LogP contribution in [0.3, 0.4) is 0 Å². The van der Waals surface area contributed by atoms with Gasteiger partial charge in [-0.1, -0.05) is 11.6 Å². The van der Waals surface area contributed by atoms with Gasteiger partial charge in [-0.2, -0.15) is 0 Å². The number of carboxylic acids is 1. The van der Waals surface area contributed by atoms with Crippen LogP contribution in [0.25, 0.3) is 0 Å². The predicted molar refractivity (Wildman–Crippen MR) is 70.2 cm³/mol. The average molecular weight is 271 g/mol. The molecule has 0 radical (unpaired) electrons. The number of amides is 1. The van der Waals surface area contributed by atoms with Gasteiger partial charge in [-0.25, -0.2) is 0 Å². The highest BCUT2D eigenvalue weighted by Crippen LogP contribution is 2.20. The molecule has 6 heteroatoms. The number of carbonyl (C=O) groups is 2. The van der Waals surface area contributed by atoms with Crippen molar-refractivity contribution in [2.75, 3.05) is 11.9 Å². The minimum atomic E-state index is -1.09. The topological polar surface area (TPSA) is 78.4 Å². The lowest BCUT2D eigenvalue weighted by Crippen LogP contribution is -2.38. The monoisotopic (exact) mass is 270 g/mol. The van der Waals surface area contributed by atoms with Gasteiger partial charge in [0, 0.05) is 17.3 Å². The lowest BCUT2D eigenvalue weighted by molar-refractivity contribution is -0.138. The molecule has 0 aliphatic rings. The second-order valence-corrected chi connectivity index (χ2v) is 4.19. The molecule has 0 bridgehead atoms. The van der Waals surface area contributed by atoms with E-state index in [0.717, 1.165) is 0 Å². The van der Waals surface area contributed by atoms with Gasteiger partial charge in [0.15, 0.2) is 0 Å². The third-order valence-corrected chi connectivity index (χ3v) is 2.55. The van der Waals surface area contributed by atoms with Crippen molar-refractivity contribution in [3.8, 4) is 0 Å². The first-order valence-corrected chi connectivity index (χ1v) is 5.90. The van der Waals surface area contributed by atoms with Gasteiger partial charge < -0.3 is 15.7 Å². The number of hydrogen-bond donors (Lipinski definition) is 3. The summed E-state index contributed by atoms with van der Waals surface area (Å²) in [5, 5.41) is 14.6. The second-order valence-electron chi connectivity index (χ2n) is 3.75. The molecule has 1 aromatic rings. The van der Waals surface area contributed by atoms with E-state index in [1.165, 1.54) is 13.0 Å². The van der Waals surface area contributed by atoms with Crippen molar-refractivity contribution in [3.05, 3.63) is 28.8 Å². The quantitative estimate of drug-likeness (QED) is 0.764. The molecule has 0 spiro atoms. The summed E-state index contributed by atoms with van der Waals surface area (Å²) in [6.07, 6.45) is 0. The molecule has 1 amide bonds. The molecule has 98 valence electrons. The molecular formula is C12H15ClN2O3. The number of rotatable bonds is 5. The normalized spacial score (nSPS) is 11.7. The molecular weight excluding hydrogens is 256 g/mol. The lowest BCUT2D eigenvalue weighted by atomic mass is 10.1. The standard InChI is InChI=1S/C12H15ClN2O3/c1-3-14-10-5-4-8(13)6-9(10)11(16)15-7(2)12(17)18/h4-7,14H,3H2,1-2H3,(H,15,16)(H,17,18)/t7-/m1/s1. The van der Waals surface area contributed by atoms with Gasteiger partial charge in [0.1, 0.15) is 6.04 Å². The Morgan fingerprint density at radius 1 is 1.44 bits per heavy atom. The fourth-order valence-corrected chi connectivity index (χ4v) is 1.56. The van der Waals surface area contributed by atoms with Crippen LogP contribution < -0.4 is 10.6 Å². The number of benzene rings is 1. The Balaban J connectivity index is 2.96. The Morgan fingerprint density at radius 3 is 2.67 bits per heavy atom. The van der Waals surface area contributed by atoms with E-state index in [0.29, 0.717) is 22.8 Å². The number of hydrogen-bond acceptors (Lipinski definition) is 3. The van der Waals surface area contributed by atoms with Gasteiger partial charge in [0.25, 0.3) is 5.91 Å². The van der Waals surface area contributed by atoms with E-state index in [4.69, 9.17) is 16.7 Å². The maximum absolute atomic E-state index is 11.9. The third kappa shape index (κ3) is 3.63. The molecule has 0 aliphatic heterocycles. The van der Waals surface area contributed by atoms with E-state index in [1.54, 1.807) is 12.1 Å². The molecule has 0 aliphatic carbocycles. The molecule has 0 saturated heterocycles. The molecule has 0 saturated carbocycles. The summed E-state index contributed by atoms with van der Waals surface area (Å²) in [5.74, 6) is -1.56. The van der Waals surface area contributed by atoms with Gasteiger partial charge in [0.05, 0.1) is 5.56 Å². The maximum Gasteiger partial charge on any atom is 0.325 e. The molecule has 0 heterocycles. The predicted octanol–water partition coefficient (Wildman–Crippen LogP) is 1.97. The highest BCUT2D eigenvalue weighted by molar-refractivity contribution is 6.31. The molecule has 0 aromatic heterocycles. The Labute approximate surface area is 110 Å². The minimum absolute atomic E-state index is 0.331. The summed E-state index contributed by atoms with van der Waals surface area (Å²) in [5.41, 5.74) is 0.953. The number of nitrogens with one attached hydrogen (secondary N) is 2. The summed E-state index contributed by atoms with van der Waals surface area (Å²) in [7, 11) is 0. The highest BCUT2D eigenvalue weighted by Gasteiger charge is 2.17. The molecule has 1 atom stereocenters. The van der Waals surface area contributed by atoms with E-state index in [1.807, 2.05) is 6.92 Å². The smallest absolute Gasteiger partial charge is 0.325 e. The van der Waals surface area contributed by atoms with Gasteiger partial charge in [-0.05, 0) is 32.0 Å². The third-order valence-electron chi connectivity index (χ3n) is 2.31. The number of carbonyl (C=O) groups excluding carboxylic acids is 1. The molecule has 18 heavy (non-hydrogen) atoms. The summed E-state index contributed by atoms with van der Waals surface area (Å²) < 4.78 is 0. The largest absolute Gasteiger partial charge is 0.480 e. The van der Waals surface area contributed by atoms with Crippen LogP contribution in [0.2, 0.25) is 5.02 Å². The van der Waals surface area contributed by atoms with Gasteiger partial charge in [-0.15, -0.1) is 0 Å². The number of halogens is 1. The van der Waals surface area contributed by atoms with Crippen molar-refractivity contribution in [3.63, 3.8) is 0 Å². The van der Waals surface area contributed by atoms with Crippen molar-refractivity contribution in [1.82, 2.24) is 5.32 Å². The van der Waals surface area contributed by atoms with Crippen molar-refractivity contribution in [1.29, 1.82) is 0 Å². The average Bonchev–Trinajstić information content (AvgIpc) is 2.31. The lowest BCUT2D eigenvalue weighted by Gasteiger charge is -2.13. The number of carboxylic acid groups (broad SMARTS) is 1. The molecule has 1 rings (SSSR count). The molecule has 0 fully saturated rings. The summed E-state index contributed by atoms with van der Waals surface area (Å²) in [6.45, 7) is 3.95. The Hall–Kier alpha value is -1.75. The van der Waals surface area contributed by atoms with Crippen LogP contribution in [0.1, 0.15) is 24.2 Å². The number of anilines is 1. The van der Waals surface area contributed by atoms with Crippen LogP contribution in [-0.4, -0.2) is 29.6 Å². The van der Waals surface area contributed by atoms with E-state index < -0.39 is 17.9 Å². The first-order valence-electron chi connectivity index (χ1n) is 5.52. The van der Waals surface area contributed by atoms with Crippen LogP contribution in [0, 0.1) is 0 Å². The van der Waals surface area contributed by atoms with Gasteiger partial charge in [0.2, 0.25) is 0 Å². The van der Waals surface area contributed by atoms with E-state index in [-0.39, 0.29) is 0 Å². The van der Waals surface area contributed by atoms with Crippen molar-refractivity contribution >= 4 is 29.2 Å². The highest BCUT2D eigenvalue weighted by atomic mass is 35.5. The van der Waals surface area contributed by atoms with E-state index in [9.17, 15) is 9.59 Å². The Bertz CT molecular complexity index is 463. The zero-order valence-corrected chi connectivity index (χ0v) is 10.9. The van der Waals surface area contributed by atoms with E-state index in [2.05, 4.69) is 10.6 Å². The Kier molecular flexibility index (Phi) is 4.97. The summed E-state index contributed by atoms with van der Waals surface area (Å²) >= 11 is 5.84. The number of aliphatic carboxylic acids is 1. The van der Waals surface area contributed by atoms with Crippen LogP contribution in [0.15, 0.2) is 18.2 Å². The first-order chi connectivity index (χ1) is 8.45. The summed E-state index contributed by atoms with van der Waals surface area (Å²) in [6, 6.07) is 3.90. The molecule has 0 unspecified atom stereocenters. The second kappa shape index (κ2) is 6.26. The van der Waals surface area contributed by atoms with E-state index >= 15 is 0 Å². The maximum atomic E-state index is 11.9. The Morgan fingerprint density at radius 2 is 2.11 bits per heavy atom. The van der Waals surface area contributed by atoms with Crippen molar-refractivity contribution in [2.24, 2.45) is 0 Å². The first kappa shape index (κ1) is 14.3. The van der Waals surface area contributed by atoms with Crippen LogP contribution in [0.4, 0.5) is 5.69 Å². The fourth-order valence-electron chi connectivity index (χ4n) is 1.39. The van der Waals surface area contributed by atoms with Crippen molar-refractivity contribution < 1.29 is 14.7 Å². The molecule has 3 N–H and O–H groups in total. The zero-order chi connectivity index (χ0) is 13.7. The van der Waals surface area contributed by atoms with Crippen LogP contribution in [0.5, 0.6) is 0 Å². The van der Waals surface area contributed by atoms with Crippen LogP contribution in [-0.2, 0) is 4.79 Å².